The van der Waals surface area contributed by atoms with E-state index < -0.39 is 32.0 Å². The molecular weight excluding hydrogens is 478 g/mol. The lowest BCUT2D eigenvalue weighted by Crippen LogP contribution is -2.45. The van der Waals surface area contributed by atoms with E-state index in [1.807, 2.05) is 6.92 Å². The molecule has 2 aromatic carbocycles. The number of nitrogens with zero attached hydrogens (tertiary/aromatic N) is 2. The zero-order valence-corrected chi connectivity index (χ0v) is 21.2. The van der Waals surface area contributed by atoms with Crippen LogP contribution in [0.4, 0.5) is 11.4 Å². The molecule has 1 saturated heterocycles. The van der Waals surface area contributed by atoms with Crippen LogP contribution in [-0.4, -0.2) is 59.0 Å². The lowest BCUT2D eigenvalue weighted by molar-refractivity contribution is -0.116. The maximum Gasteiger partial charge on any atom is 0.247 e. The highest BCUT2D eigenvalue weighted by molar-refractivity contribution is 7.92. The third-order valence-corrected chi connectivity index (χ3v) is 8.72. The molecule has 1 amide bonds. The standard InChI is InChI=1S/C23H31N3O6S2/c1-4-32-21-12-10-20(11-13-21)26(33(3,28)29)18(2)23(27)24-19-8-14-22(15-9-19)34(30,31)25-16-6-5-7-17-25/h8-15,18H,4-7,16-17H2,1-3H3,(H,24,27)/t18-/m1/s1. The number of carbonyl (C=O) groups excluding carboxylic acids is 1. The van der Waals surface area contributed by atoms with E-state index in [9.17, 15) is 21.6 Å². The molecule has 34 heavy (non-hydrogen) atoms. The Balaban J connectivity index is 1.75. The van der Waals surface area contributed by atoms with Gasteiger partial charge in [-0.3, -0.25) is 9.10 Å². The van der Waals surface area contributed by atoms with Gasteiger partial charge in [0.1, 0.15) is 11.8 Å². The molecule has 11 heteroatoms. The van der Waals surface area contributed by atoms with Crippen molar-refractivity contribution in [3.05, 3.63) is 48.5 Å². The third-order valence-electron chi connectivity index (χ3n) is 5.57. The number of hydrogen-bond donors (Lipinski definition) is 1. The molecule has 1 aliphatic rings. The summed E-state index contributed by atoms with van der Waals surface area (Å²) in [6.45, 7) is 4.82. The maximum absolute atomic E-state index is 12.9. The van der Waals surface area contributed by atoms with Crippen LogP contribution in [0.1, 0.15) is 33.1 Å². The summed E-state index contributed by atoms with van der Waals surface area (Å²) >= 11 is 0. The van der Waals surface area contributed by atoms with Crippen molar-refractivity contribution in [3.8, 4) is 5.75 Å². The largest absolute Gasteiger partial charge is 0.494 e. The van der Waals surface area contributed by atoms with E-state index >= 15 is 0 Å². The second kappa shape index (κ2) is 10.7. The minimum atomic E-state index is -3.77. The number of sulfonamides is 2. The fourth-order valence-electron chi connectivity index (χ4n) is 3.88. The van der Waals surface area contributed by atoms with Crippen LogP contribution >= 0.6 is 0 Å². The van der Waals surface area contributed by atoms with E-state index in [4.69, 9.17) is 4.74 Å². The normalized spacial score (nSPS) is 16.0. The zero-order valence-electron chi connectivity index (χ0n) is 19.6. The first kappa shape index (κ1) is 26.0. The zero-order chi connectivity index (χ0) is 24.9. The van der Waals surface area contributed by atoms with Crippen molar-refractivity contribution in [1.82, 2.24) is 4.31 Å². The fraction of sp³-hybridized carbons (Fsp3) is 0.435. The predicted octanol–water partition coefficient (Wildman–Crippen LogP) is 3.05. The van der Waals surface area contributed by atoms with Crippen molar-refractivity contribution in [3.63, 3.8) is 0 Å². The van der Waals surface area contributed by atoms with Crippen molar-refractivity contribution < 1.29 is 26.4 Å². The van der Waals surface area contributed by atoms with E-state index in [1.54, 1.807) is 24.3 Å². The van der Waals surface area contributed by atoms with Gasteiger partial charge in [-0.15, -0.1) is 0 Å². The Hall–Kier alpha value is -2.63. The van der Waals surface area contributed by atoms with Crippen molar-refractivity contribution in [2.45, 2.75) is 44.0 Å². The van der Waals surface area contributed by atoms with Crippen LogP contribution in [-0.2, 0) is 24.8 Å². The van der Waals surface area contributed by atoms with Crippen LogP contribution in [0.2, 0.25) is 0 Å². The van der Waals surface area contributed by atoms with Crippen LogP contribution in [0, 0.1) is 0 Å². The second-order valence-electron chi connectivity index (χ2n) is 8.14. The number of piperidine rings is 1. The van der Waals surface area contributed by atoms with Crippen LogP contribution in [0.3, 0.4) is 0 Å². The van der Waals surface area contributed by atoms with Crippen LogP contribution < -0.4 is 14.4 Å². The van der Waals surface area contributed by atoms with Crippen LogP contribution in [0.5, 0.6) is 5.75 Å². The van der Waals surface area contributed by atoms with Gasteiger partial charge in [-0.2, -0.15) is 4.31 Å². The Bertz CT molecular complexity index is 1190. The molecule has 0 radical (unpaired) electrons. The Morgan fingerprint density at radius 1 is 1.00 bits per heavy atom. The second-order valence-corrected chi connectivity index (χ2v) is 11.9. The van der Waals surface area contributed by atoms with Crippen LogP contribution in [0.15, 0.2) is 53.4 Å². The van der Waals surface area contributed by atoms with Crippen LogP contribution in [0.25, 0.3) is 0 Å². The van der Waals surface area contributed by atoms with Gasteiger partial charge >= 0.3 is 0 Å². The summed E-state index contributed by atoms with van der Waals surface area (Å²) in [5.74, 6) is 0.0438. The molecule has 1 fully saturated rings. The minimum Gasteiger partial charge on any atom is -0.494 e. The Kier molecular flexibility index (Phi) is 8.21. The summed E-state index contributed by atoms with van der Waals surface area (Å²) in [6, 6.07) is 11.3. The first-order valence-electron chi connectivity index (χ1n) is 11.2. The van der Waals surface area contributed by atoms with E-state index in [0.717, 1.165) is 29.8 Å². The topological polar surface area (TPSA) is 113 Å². The molecule has 186 valence electrons. The average molecular weight is 510 g/mol. The van der Waals surface area contributed by atoms with Gasteiger partial charge in [-0.05, 0) is 75.2 Å². The van der Waals surface area contributed by atoms with Gasteiger partial charge in [-0.1, -0.05) is 6.42 Å². The highest BCUT2D eigenvalue weighted by Crippen LogP contribution is 2.25. The molecule has 0 bridgehead atoms. The first-order valence-corrected chi connectivity index (χ1v) is 14.5. The van der Waals surface area contributed by atoms with Gasteiger partial charge in [0.05, 0.1) is 23.4 Å². The van der Waals surface area contributed by atoms with Gasteiger partial charge in [-0.25, -0.2) is 16.8 Å². The number of amides is 1. The molecule has 1 heterocycles. The maximum atomic E-state index is 12.9. The number of anilines is 2. The summed E-state index contributed by atoms with van der Waals surface area (Å²) in [5.41, 5.74) is 0.700. The molecule has 2 aromatic rings. The molecule has 9 nitrogen and oxygen atoms in total. The summed E-state index contributed by atoms with van der Waals surface area (Å²) in [4.78, 5) is 13.1. The molecule has 0 unspecified atom stereocenters. The van der Waals surface area contributed by atoms with Crippen molar-refractivity contribution in [2.75, 3.05) is 35.6 Å². The fourth-order valence-corrected chi connectivity index (χ4v) is 6.57. The third kappa shape index (κ3) is 6.08. The van der Waals surface area contributed by atoms with Gasteiger partial charge in [0.25, 0.3) is 0 Å². The van der Waals surface area contributed by atoms with E-state index in [0.29, 0.717) is 36.8 Å². The number of rotatable bonds is 9. The van der Waals surface area contributed by atoms with Gasteiger partial charge in [0.2, 0.25) is 26.0 Å². The quantitative estimate of drug-likeness (QED) is 0.556. The molecule has 1 aliphatic heterocycles. The number of ether oxygens (including phenoxy) is 1. The Labute approximate surface area is 201 Å². The lowest BCUT2D eigenvalue weighted by Gasteiger charge is -2.28. The van der Waals surface area contributed by atoms with Crippen molar-refractivity contribution in [1.29, 1.82) is 0 Å². The number of nitrogens with one attached hydrogen (secondary N) is 1. The number of carbonyl (C=O) groups is 1. The van der Waals surface area contributed by atoms with E-state index in [1.165, 1.54) is 35.5 Å². The number of hydrogen-bond acceptors (Lipinski definition) is 6. The summed E-state index contributed by atoms with van der Waals surface area (Å²) in [7, 11) is -7.35. The molecule has 0 spiro atoms. The van der Waals surface area contributed by atoms with E-state index in [-0.39, 0.29) is 4.90 Å². The molecule has 0 aromatic heterocycles. The summed E-state index contributed by atoms with van der Waals surface area (Å²) in [5, 5.41) is 2.68. The number of benzene rings is 2. The SMILES string of the molecule is CCOc1ccc(N([C@H](C)C(=O)Nc2ccc(S(=O)(=O)N3CCCCC3)cc2)S(C)(=O)=O)cc1. The molecule has 0 aliphatic carbocycles. The first-order chi connectivity index (χ1) is 16.0. The highest BCUT2D eigenvalue weighted by Gasteiger charge is 2.30. The van der Waals surface area contributed by atoms with Crippen molar-refractivity contribution in [2.24, 2.45) is 0 Å². The summed E-state index contributed by atoms with van der Waals surface area (Å²) in [6.07, 6.45) is 3.75. The Morgan fingerprint density at radius 2 is 1.59 bits per heavy atom. The van der Waals surface area contributed by atoms with Gasteiger partial charge < -0.3 is 10.1 Å². The molecular formula is C23H31N3O6S2. The Morgan fingerprint density at radius 3 is 2.12 bits per heavy atom. The van der Waals surface area contributed by atoms with E-state index in [2.05, 4.69) is 5.32 Å². The van der Waals surface area contributed by atoms with Crippen molar-refractivity contribution >= 4 is 37.3 Å². The predicted molar refractivity (Wildman–Crippen MR) is 132 cm³/mol. The molecule has 1 atom stereocenters. The highest BCUT2D eigenvalue weighted by atomic mass is 32.2. The monoisotopic (exact) mass is 509 g/mol. The minimum absolute atomic E-state index is 0.160. The van der Waals surface area contributed by atoms with Gasteiger partial charge in [0.15, 0.2) is 0 Å². The average Bonchev–Trinajstić information content (AvgIpc) is 2.80. The molecule has 0 saturated carbocycles. The molecule has 3 rings (SSSR count). The van der Waals surface area contributed by atoms with Gasteiger partial charge in [0, 0.05) is 18.8 Å². The molecule has 1 N–H and O–H groups in total. The lowest BCUT2D eigenvalue weighted by atomic mass is 10.2. The summed E-state index contributed by atoms with van der Waals surface area (Å²) < 4.78 is 58.5. The smallest absolute Gasteiger partial charge is 0.247 e.